The molecule has 1 aliphatic carbocycles. The maximum atomic E-state index is 9.61. The molecule has 0 radical (unpaired) electrons. The highest BCUT2D eigenvalue weighted by Gasteiger charge is 2.48. The van der Waals surface area contributed by atoms with Crippen LogP contribution in [0.3, 0.4) is 0 Å². The Balaban J connectivity index is 1.86. The van der Waals surface area contributed by atoms with E-state index in [2.05, 4.69) is 53.8 Å². The minimum atomic E-state index is 0.0585. The van der Waals surface area contributed by atoms with Crippen LogP contribution in [0, 0.1) is 5.41 Å². The molecule has 0 heterocycles. The third-order valence-corrected chi connectivity index (χ3v) is 4.46. The maximum Gasteiger partial charge on any atom is 0.0505 e. The summed E-state index contributed by atoms with van der Waals surface area (Å²) in [6.45, 7) is 0.263. The molecule has 1 unspecified atom stereocenters. The first-order valence-corrected chi connectivity index (χ1v) is 7.22. The number of hydrogen-bond donors (Lipinski definition) is 2. The number of rotatable bonds is 5. The van der Waals surface area contributed by atoms with Crippen LogP contribution in [0.15, 0.2) is 54.6 Å². The molecular formula is C18H21NO. The van der Waals surface area contributed by atoms with Gasteiger partial charge in [-0.2, -0.15) is 0 Å². The van der Waals surface area contributed by atoms with Gasteiger partial charge in [0.1, 0.15) is 0 Å². The molecule has 2 N–H and O–H groups in total. The summed E-state index contributed by atoms with van der Waals surface area (Å²) in [5.41, 5.74) is 3.79. The van der Waals surface area contributed by atoms with Gasteiger partial charge >= 0.3 is 0 Å². The topological polar surface area (TPSA) is 32.3 Å². The summed E-state index contributed by atoms with van der Waals surface area (Å²) in [7, 11) is 1.98. The third kappa shape index (κ3) is 2.37. The van der Waals surface area contributed by atoms with Crippen LogP contribution in [0.25, 0.3) is 11.1 Å². The first-order chi connectivity index (χ1) is 9.79. The second-order valence-corrected chi connectivity index (χ2v) is 5.73. The van der Waals surface area contributed by atoms with Crippen LogP contribution in [0.4, 0.5) is 0 Å². The van der Waals surface area contributed by atoms with Crippen molar-refractivity contribution >= 4 is 0 Å². The fourth-order valence-electron chi connectivity index (χ4n) is 3.02. The molecule has 2 aromatic carbocycles. The van der Waals surface area contributed by atoms with Crippen LogP contribution in [-0.4, -0.2) is 18.8 Å². The van der Waals surface area contributed by atoms with E-state index in [9.17, 15) is 5.11 Å². The lowest BCUT2D eigenvalue weighted by molar-refractivity contribution is 0.175. The van der Waals surface area contributed by atoms with Gasteiger partial charge in [-0.25, -0.2) is 0 Å². The average Bonchev–Trinajstić information content (AvgIpc) is 3.31. The van der Waals surface area contributed by atoms with E-state index in [1.807, 2.05) is 13.1 Å². The zero-order valence-corrected chi connectivity index (χ0v) is 11.8. The highest BCUT2D eigenvalue weighted by molar-refractivity contribution is 5.63. The van der Waals surface area contributed by atoms with Crippen LogP contribution in [0.1, 0.15) is 24.4 Å². The molecule has 0 amide bonds. The van der Waals surface area contributed by atoms with Gasteiger partial charge in [-0.3, -0.25) is 0 Å². The summed E-state index contributed by atoms with van der Waals surface area (Å²) in [4.78, 5) is 0. The Morgan fingerprint density at radius 2 is 1.60 bits per heavy atom. The molecule has 1 aliphatic rings. The molecule has 0 saturated heterocycles. The highest BCUT2D eigenvalue weighted by Crippen LogP contribution is 2.54. The van der Waals surface area contributed by atoms with Gasteiger partial charge in [0.25, 0.3) is 0 Å². The van der Waals surface area contributed by atoms with Crippen LogP contribution < -0.4 is 5.32 Å². The number of benzene rings is 2. The minimum absolute atomic E-state index is 0.0585. The van der Waals surface area contributed by atoms with E-state index in [4.69, 9.17) is 0 Å². The van der Waals surface area contributed by atoms with E-state index < -0.39 is 0 Å². The summed E-state index contributed by atoms with van der Waals surface area (Å²) in [6.07, 6.45) is 2.21. The fourth-order valence-corrected chi connectivity index (χ4v) is 3.02. The van der Waals surface area contributed by atoms with Gasteiger partial charge in [0.05, 0.1) is 6.61 Å². The fraction of sp³-hybridized carbons (Fsp3) is 0.333. The van der Waals surface area contributed by atoms with Crippen molar-refractivity contribution in [3.8, 4) is 11.1 Å². The molecule has 1 fully saturated rings. The number of aliphatic hydroxyl groups is 1. The summed E-state index contributed by atoms with van der Waals surface area (Å²) in [5, 5.41) is 13.0. The molecule has 20 heavy (non-hydrogen) atoms. The largest absolute Gasteiger partial charge is 0.396 e. The molecule has 2 aromatic rings. The van der Waals surface area contributed by atoms with Gasteiger partial charge in [-0.15, -0.1) is 0 Å². The van der Waals surface area contributed by atoms with Crippen LogP contribution >= 0.6 is 0 Å². The Hall–Kier alpha value is -1.64. The van der Waals surface area contributed by atoms with Crippen LogP contribution in [0.5, 0.6) is 0 Å². The molecule has 0 aromatic heterocycles. The molecule has 0 spiro atoms. The van der Waals surface area contributed by atoms with E-state index in [1.54, 1.807) is 0 Å². The van der Waals surface area contributed by atoms with Gasteiger partial charge in [0.2, 0.25) is 0 Å². The third-order valence-electron chi connectivity index (χ3n) is 4.46. The van der Waals surface area contributed by atoms with Gasteiger partial charge in [-0.05, 0) is 36.6 Å². The molecule has 1 saturated carbocycles. The summed E-state index contributed by atoms with van der Waals surface area (Å²) >= 11 is 0. The van der Waals surface area contributed by atoms with Gasteiger partial charge in [-0.1, -0.05) is 54.6 Å². The highest BCUT2D eigenvalue weighted by atomic mass is 16.3. The number of nitrogens with one attached hydrogen (secondary N) is 1. The van der Waals surface area contributed by atoms with Crippen molar-refractivity contribution in [1.29, 1.82) is 0 Å². The second-order valence-electron chi connectivity index (χ2n) is 5.73. The molecule has 1 atom stereocenters. The first-order valence-electron chi connectivity index (χ1n) is 7.22. The number of aliphatic hydroxyl groups excluding tert-OH is 1. The van der Waals surface area contributed by atoms with Gasteiger partial charge in [0, 0.05) is 11.5 Å². The predicted octanol–water partition coefficient (Wildman–Crippen LogP) is 3.39. The number of hydrogen-bond acceptors (Lipinski definition) is 2. The van der Waals surface area contributed by atoms with Crippen molar-refractivity contribution in [2.24, 2.45) is 5.41 Å². The molecule has 3 rings (SSSR count). The quantitative estimate of drug-likeness (QED) is 0.870. The smallest absolute Gasteiger partial charge is 0.0505 e. The molecular weight excluding hydrogens is 246 g/mol. The average molecular weight is 267 g/mol. The zero-order valence-electron chi connectivity index (χ0n) is 11.8. The van der Waals surface area contributed by atoms with Crippen molar-refractivity contribution in [2.45, 2.75) is 18.9 Å². The Kier molecular flexibility index (Phi) is 3.60. The van der Waals surface area contributed by atoms with E-state index >= 15 is 0 Å². The van der Waals surface area contributed by atoms with Crippen molar-refractivity contribution < 1.29 is 5.11 Å². The SMILES string of the molecule is CNC(c1ccc(-c2ccccc2)cc1)C1(CO)CC1. The van der Waals surface area contributed by atoms with E-state index in [1.165, 1.54) is 16.7 Å². The monoisotopic (exact) mass is 267 g/mol. The first kappa shape index (κ1) is 13.3. The Bertz CT molecular complexity index is 558. The lowest BCUT2D eigenvalue weighted by atomic mass is 9.90. The zero-order chi connectivity index (χ0) is 14.0. The second kappa shape index (κ2) is 5.39. The molecule has 104 valence electrons. The predicted molar refractivity (Wildman–Crippen MR) is 82.4 cm³/mol. The van der Waals surface area contributed by atoms with Crippen molar-refractivity contribution in [3.63, 3.8) is 0 Å². The van der Waals surface area contributed by atoms with E-state index in [0.29, 0.717) is 0 Å². The molecule has 2 nitrogen and oxygen atoms in total. The molecule has 0 bridgehead atoms. The van der Waals surface area contributed by atoms with Crippen LogP contribution in [0.2, 0.25) is 0 Å². The Morgan fingerprint density at radius 1 is 1.00 bits per heavy atom. The Morgan fingerprint density at radius 3 is 2.10 bits per heavy atom. The minimum Gasteiger partial charge on any atom is -0.396 e. The van der Waals surface area contributed by atoms with Crippen molar-refractivity contribution in [1.82, 2.24) is 5.32 Å². The Labute approximate surface area is 120 Å². The van der Waals surface area contributed by atoms with Gasteiger partial charge < -0.3 is 10.4 Å². The van der Waals surface area contributed by atoms with Crippen molar-refractivity contribution in [3.05, 3.63) is 60.2 Å². The molecule has 2 heteroatoms. The summed E-state index contributed by atoms with van der Waals surface area (Å²) in [5.74, 6) is 0. The normalized spacial score (nSPS) is 17.7. The lowest BCUT2D eigenvalue weighted by Gasteiger charge is -2.25. The van der Waals surface area contributed by atoms with Crippen molar-refractivity contribution in [2.75, 3.05) is 13.7 Å². The van der Waals surface area contributed by atoms with Crippen LogP contribution in [-0.2, 0) is 0 Å². The molecule has 0 aliphatic heterocycles. The summed E-state index contributed by atoms with van der Waals surface area (Å²) in [6, 6.07) is 19.4. The van der Waals surface area contributed by atoms with Gasteiger partial charge in [0.15, 0.2) is 0 Å². The van der Waals surface area contributed by atoms with E-state index in [-0.39, 0.29) is 18.1 Å². The summed E-state index contributed by atoms with van der Waals surface area (Å²) < 4.78 is 0. The lowest BCUT2D eigenvalue weighted by Crippen LogP contribution is -2.29. The standard InChI is InChI=1S/C18H21NO/c1-19-17(18(13-20)11-12-18)16-9-7-15(8-10-16)14-5-3-2-4-6-14/h2-10,17,19-20H,11-13H2,1H3. The maximum absolute atomic E-state index is 9.61. The van der Waals surface area contributed by atoms with E-state index in [0.717, 1.165) is 12.8 Å².